The van der Waals surface area contributed by atoms with Gasteiger partial charge in [0.15, 0.2) is 5.82 Å². The second-order valence-electron chi connectivity index (χ2n) is 7.09. The maximum absolute atomic E-state index is 12.6. The average Bonchev–Trinajstić information content (AvgIpc) is 3.33. The van der Waals surface area contributed by atoms with E-state index in [1.165, 1.54) is 11.3 Å². The second-order valence-corrected chi connectivity index (χ2v) is 8.15. The molecule has 0 aliphatic carbocycles. The summed E-state index contributed by atoms with van der Waals surface area (Å²) in [6, 6.07) is 7.62. The molecule has 2 amide bonds. The van der Waals surface area contributed by atoms with Crippen molar-refractivity contribution < 1.29 is 9.59 Å². The van der Waals surface area contributed by atoms with Gasteiger partial charge in [0, 0.05) is 24.8 Å². The summed E-state index contributed by atoms with van der Waals surface area (Å²) in [6.07, 6.45) is 0.986. The lowest BCUT2D eigenvalue weighted by Crippen LogP contribution is -2.28. The minimum absolute atomic E-state index is 0.106. The summed E-state index contributed by atoms with van der Waals surface area (Å²) in [6.45, 7) is 4.52. The number of rotatable bonds is 5. The molecule has 0 spiro atoms. The first-order valence-electron chi connectivity index (χ1n) is 8.88. The van der Waals surface area contributed by atoms with Crippen molar-refractivity contribution in [2.45, 2.75) is 26.7 Å². The van der Waals surface area contributed by atoms with E-state index < -0.39 is 5.92 Å². The molecule has 9 heteroatoms. The molecular formula is C18H20N6O2S. The summed E-state index contributed by atoms with van der Waals surface area (Å²) in [5.74, 6) is 0.292. The van der Waals surface area contributed by atoms with Gasteiger partial charge >= 0.3 is 0 Å². The van der Waals surface area contributed by atoms with Crippen molar-refractivity contribution in [2.75, 3.05) is 16.8 Å². The fraction of sp³-hybridized carbons (Fsp3) is 0.389. The van der Waals surface area contributed by atoms with Gasteiger partial charge in [-0.2, -0.15) is 5.10 Å². The van der Waals surface area contributed by atoms with Crippen LogP contribution in [0.25, 0.3) is 10.9 Å². The van der Waals surface area contributed by atoms with E-state index in [0.29, 0.717) is 23.4 Å². The zero-order valence-electron chi connectivity index (χ0n) is 15.1. The summed E-state index contributed by atoms with van der Waals surface area (Å²) in [4.78, 5) is 26.6. The number of aromatic amines is 1. The van der Waals surface area contributed by atoms with Crippen LogP contribution in [0.5, 0.6) is 0 Å². The summed E-state index contributed by atoms with van der Waals surface area (Å²) in [7, 11) is 0. The molecule has 3 aromatic rings. The molecule has 27 heavy (non-hydrogen) atoms. The predicted octanol–water partition coefficient (Wildman–Crippen LogP) is 2.60. The third-order valence-corrected chi connectivity index (χ3v) is 5.34. The highest BCUT2D eigenvalue weighted by Gasteiger charge is 2.37. The molecule has 1 aliphatic heterocycles. The molecule has 8 nitrogen and oxygen atoms in total. The van der Waals surface area contributed by atoms with E-state index in [4.69, 9.17) is 0 Å². The third kappa shape index (κ3) is 3.55. The van der Waals surface area contributed by atoms with E-state index in [1.807, 2.05) is 24.3 Å². The van der Waals surface area contributed by atoms with E-state index >= 15 is 0 Å². The number of fused-ring (bicyclic) bond motifs is 1. The topological polar surface area (TPSA) is 104 Å². The molecule has 1 aliphatic rings. The highest BCUT2D eigenvalue weighted by Crippen LogP contribution is 2.30. The van der Waals surface area contributed by atoms with E-state index in [1.54, 1.807) is 4.90 Å². The summed E-state index contributed by atoms with van der Waals surface area (Å²) in [5, 5.41) is 20.4. The largest absolute Gasteiger partial charge is 0.300 e. The van der Waals surface area contributed by atoms with Crippen LogP contribution in [-0.2, 0) is 16.0 Å². The van der Waals surface area contributed by atoms with Crippen molar-refractivity contribution in [1.82, 2.24) is 20.4 Å². The second kappa shape index (κ2) is 7.07. The number of benzene rings is 1. The van der Waals surface area contributed by atoms with Gasteiger partial charge in [-0.25, -0.2) is 0 Å². The minimum Gasteiger partial charge on any atom is -0.300 e. The summed E-state index contributed by atoms with van der Waals surface area (Å²) >= 11 is 1.38. The fourth-order valence-corrected chi connectivity index (χ4v) is 4.14. The van der Waals surface area contributed by atoms with E-state index in [2.05, 4.69) is 39.6 Å². The predicted molar refractivity (Wildman–Crippen MR) is 104 cm³/mol. The van der Waals surface area contributed by atoms with Gasteiger partial charge in [0.1, 0.15) is 5.01 Å². The SMILES string of the molecule is CC(C)Cc1nnc(NC(=O)C2CC(=O)N(c3n[nH]c4ccccc34)C2)s1. The van der Waals surface area contributed by atoms with Crippen molar-refractivity contribution in [3.8, 4) is 0 Å². The Balaban J connectivity index is 1.45. The van der Waals surface area contributed by atoms with Crippen LogP contribution in [0.1, 0.15) is 25.3 Å². The Morgan fingerprint density at radius 1 is 1.37 bits per heavy atom. The Labute approximate surface area is 160 Å². The van der Waals surface area contributed by atoms with Gasteiger partial charge in [0.25, 0.3) is 0 Å². The van der Waals surface area contributed by atoms with Crippen LogP contribution in [0.15, 0.2) is 24.3 Å². The van der Waals surface area contributed by atoms with Crippen molar-refractivity contribution in [2.24, 2.45) is 11.8 Å². The maximum Gasteiger partial charge on any atom is 0.231 e. The Morgan fingerprint density at radius 3 is 3.00 bits per heavy atom. The molecule has 0 radical (unpaired) electrons. The van der Waals surface area contributed by atoms with Crippen molar-refractivity contribution in [3.63, 3.8) is 0 Å². The number of anilines is 2. The zero-order valence-corrected chi connectivity index (χ0v) is 15.9. The molecule has 1 aromatic carbocycles. The van der Waals surface area contributed by atoms with Crippen molar-refractivity contribution in [3.05, 3.63) is 29.3 Å². The molecule has 3 heterocycles. The molecule has 1 unspecified atom stereocenters. The first kappa shape index (κ1) is 17.6. The molecule has 2 aromatic heterocycles. The molecule has 0 saturated carbocycles. The van der Waals surface area contributed by atoms with Crippen LogP contribution >= 0.6 is 11.3 Å². The Kier molecular flexibility index (Phi) is 4.61. The molecule has 1 fully saturated rings. The van der Waals surface area contributed by atoms with Crippen molar-refractivity contribution in [1.29, 1.82) is 0 Å². The average molecular weight is 384 g/mol. The number of H-pyrrole nitrogens is 1. The number of nitrogens with one attached hydrogen (secondary N) is 2. The highest BCUT2D eigenvalue weighted by molar-refractivity contribution is 7.15. The van der Waals surface area contributed by atoms with E-state index in [9.17, 15) is 9.59 Å². The number of hydrogen-bond donors (Lipinski definition) is 2. The van der Waals surface area contributed by atoms with Gasteiger partial charge in [-0.15, -0.1) is 10.2 Å². The van der Waals surface area contributed by atoms with E-state index in [-0.39, 0.29) is 18.2 Å². The normalized spacial score (nSPS) is 17.2. The van der Waals surface area contributed by atoms with Crippen LogP contribution in [0, 0.1) is 11.8 Å². The number of para-hydroxylation sites is 1. The molecule has 2 N–H and O–H groups in total. The van der Waals surface area contributed by atoms with Crippen LogP contribution in [0.2, 0.25) is 0 Å². The Morgan fingerprint density at radius 2 is 2.19 bits per heavy atom. The zero-order chi connectivity index (χ0) is 19.0. The van der Waals surface area contributed by atoms with Crippen LogP contribution in [-0.4, -0.2) is 38.8 Å². The van der Waals surface area contributed by atoms with Gasteiger partial charge in [0.05, 0.1) is 11.4 Å². The number of carbonyl (C=O) groups is 2. The summed E-state index contributed by atoms with van der Waals surface area (Å²) in [5.41, 5.74) is 0.861. The molecule has 1 atom stereocenters. The Bertz CT molecular complexity index is 995. The molecule has 140 valence electrons. The fourth-order valence-electron chi connectivity index (χ4n) is 3.19. The van der Waals surface area contributed by atoms with Crippen LogP contribution < -0.4 is 10.2 Å². The molecule has 1 saturated heterocycles. The molecule has 4 rings (SSSR count). The van der Waals surface area contributed by atoms with E-state index in [0.717, 1.165) is 22.3 Å². The number of nitrogens with zero attached hydrogens (tertiary/aromatic N) is 4. The number of amides is 2. The van der Waals surface area contributed by atoms with Gasteiger partial charge < -0.3 is 5.32 Å². The van der Waals surface area contributed by atoms with Gasteiger partial charge in [0.2, 0.25) is 16.9 Å². The van der Waals surface area contributed by atoms with Gasteiger partial charge in [-0.05, 0) is 18.1 Å². The third-order valence-electron chi connectivity index (χ3n) is 4.48. The molecular weight excluding hydrogens is 364 g/mol. The Hall–Kier alpha value is -2.81. The lowest BCUT2D eigenvalue weighted by Gasteiger charge is -2.13. The van der Waals surface area contributed by atoms with Gasteiger partial charge in [-0.3, -0.25) is 19.6 Å². The van der Waals surface area contributed by atoms with Crippen LogP contribution in [0.3, 0.4) is 0 Å². The minimum atomic E-state index is -0.439. The number of aromatic nitrogens is 4. The smallest absolute Gasteiger partial charge is 0.231 e. The number of carbonyl (C=O) groups excluding carboxylic acids is 2. The first-order chi connectivity index (χ1) is 13.0. The molecule has 0 bridgehead atoms. The lowest BCUT2D eigenvalue weighted by molar-refractivity contribution is -0.122. The summed E-state index contributed by atoms with van der Waals surface area (Å²) < 4.78 is 0. The quantitative estimate of drug-likeness (QED) is 0.704. The number of hydrogen-bond acceptors (Lipinski definition) is 6. The van der Waals surface area contributed by atoms with Crippen LogP contribution in [0.4, 0.5) is 10.9 Å². The maximum atomic E-state index is 12.6. The first-order valence-corrected chi connectivity index (χ1v) is 9.69. The highest BCUT2D eigenvalue weighted by atomic mass is 32.1. The van der Waals surface area contributed by atoms with Gasteiger partial charge in [-0.1, -0.05) is 37.3 Å². The monoisotopic (exact) mass is 384 g/mol. The lowest BCUT2D eigenvalue weighted by atomic mass is 10.1. The standard InChI is InChI=1S/C18H20N6O2S/c1-10(2)7-14-21-23-18(27-14)19-17(26)11-8-15(25)24(9-11)16-12-5-3-4-6-13(12)20-22-16/h3-6,10-11H,7-9H2,1-2H3,(H,20,22)(H,19,23,26). The van der Waals surface area contributed by atoms with Crippen molar-refractivity contribution >= 4 is 45.0 Å².